The summed E-state index contributed by atoms with van der Waals surface area (Å²) in [5.41, 5.74) is 11.3. The van der Waals surface area contributed by atoms with E-state index in [0.717, 1.165) is 28.0 Å². The number of anilines is 2. The van der Waals surface area contributed by atoms with Gasteiger partial charge in [0.2, 0.25) is 11.8 Å². The average Bonchev–Trinajstić information content (AvgIpc) is 3.07. The number of ether oxygens (including phenoxy) is 2. The number of nitrogens with two attached hydrogens (primary N) is 1. The van der Waals surface area contributed by atoms with Gasteiger partial charge in [-0.25, -0.2) is 9.78 Å². The van der Waals surface area contributed by atoms with Gasteiger partial charge < -0.3 is 30.5 Å². The van der Waals surface area contributed by atoms with Crippen LogP contribution in [0.5, 0.6) is 11.6 Å². The van der Waals surface area contributed by atoms with Gasteiger partial charge in [-0.1, -0.05) is 48.0 Å². The number of carboxylic acids is 1. The first-order valence-corrected chi connectivity index (χ1v) is 15.8. The van der Waals surface area contributed by atoms with E-state index >= 15 is 0 Å². The third-order valence-corrected chi connectivity index (χ3v) is 8.41. The lowest BCUT2D eigenvalue weighted by atomic mass is 9.84. The summed E-state index contributed by atoms with van der Waals surface area (Å²) in [6.45, 7) is 0.496. The van der Waals surface area contributed by atoms with Gasteiger partial charge in [0, 0.05) is 66.8 Å². The molecule has 11 nitrogen and oxygen atoms in total. The van der Waals surface area contributed by atoms with E-state index in [0.29, 0.717) is 28.2 Å². The number of nitrogens with one attached hydrogen (secondary N) is 1. The predicted octanol–water partition coefficient (Wildman–Crippen LogP) is 5.56. The number of benzene rings is 3. The maximum atomic E-state index is 13.5. The topological polar surface area (TPSA) is 143 Å². The molecule has 1 aromatic heterocycles. The number of likely N-dealkylation sites (N-methyl/N-ethyl adjacent to an activating group) is 1. The average molecular weight is 679 g/mol. The van der Waals surface area contributed by atoms with Gasteiger partial charge in [-0.15, -0.1) is 0 Å². The van der Waals surface area contributed by atoms with Crippen molar-refractivity contribution in [1.82, 2.24) is 20.2 Å². The summed E-state index contributed by atoms with van der Waals surface area (Å²) >= 11 is 5.92. The molecule has 12 heteroatoms. The van der Waals surface area contributed by atoms with Gasteiger partial charge in [-0.2, -0.15) is 4.98 Å². The lowest BCUT2D eigenvalue weighted by molar-refractivity contribution is 0.0696. The number of allylic oxidation sites excluding steroid dienone is 1. The van der Waals surface area contributed by atoms with Crippen molar-refractivity contribution >= 4 is 40.7 Å². The second-order valence-corrected chi connectivity index (χ2v) is 12.4. The van der Waals surface area contributed by atoms with Gasteiger partial charge in [0.05, 0.1) is 5.56 Å². The molecule has 0 spiro atoms. The van der Waals surface area contributed by atoms with E-state index in [1.165, 1.54) is 18.2 Å². The highest BCUT2D eigenvalue weighted by atomic mass is 35.5. The number of halogens is 1. The van der Waals surface area contributed by atoms with Gasteiger partial charge in [0.15, 0.2) is 0 Å². The van der Waals surface area contributed by atoms with Crippen LogP contribution in [0.1, 0.15) is 43.0 Å². The van der Waals surface area contributed by atoms with Gasteiger partial charge in [0.25, 0.3) is 5.91 Å². The zero-order valence-corrected chi connectivity index (χ0v) is 28.2. The Hall–Kier alpha value is -5.65. The first-order chi connectivity index (χ1) is 23.5. The molecule has 3 aromatic carbocycles. The van der Waals surface area contributed by atoms with Crippen molar-refractivity contribution in [2.75, 3.05) is 38.8 Å². The van der Waals surface area contributed by atoms with E-state index in [9.17, 15) is 14.7 Å². The Bertz CT molecular complexity index is 2020. The molecule has 2 heterocycles. The number of amides is 1. The van der Waals surface area contributed by atoms with Crippen LogP contribution in [0.4, 0.5) is 11.6 Å². The van der Waals surface area contributed by atoms with E-state index < -0.39 is 5.97 Å². The minimum absolute atomic E-state index is 0.00637. The Morgan fingerprint density at radius 3 is 2.43 bits per heavy atom. The minimum atomic E-state index is -1.10. The molecule has 250 valence electrons. The lowest BCUT2D eigenvalue weighted by Gasteiger charge is -2.31. The maximum absolute atomic E-state index is 13.5. The third kappa shape index (κ3) is 7.28. The normalized spacial score (nSPS) is 14.8. The fourth-order valence-corrected chi connectivity index (χ4v) is 5.77. The molecule has 0 fully saturated rings. The molecule has 1 aliphatic heterocycles. The summed E-state index contributed by atoms with van der Waals surface area (Å²) < 4.78 is 12.1. The standard InChI is InChI=1S/C37H35ClN6O5/c1-43(2)24-10-13-27-30(16-24)49-31-17-25(44(3)4)11-14-28(31)34(27)29-15-23(9-12-26(29)36(46)47)35(45)40-19-21-5-7-22(8-6-21)20-48-33-18-32(38)41-37(39)42-33/h5-18,24H,19-20H2,1-4H3,(H,40,45)(H,46,47)(H2,39,41,42). The fraction of sp³-hybridized carbons (Fsp3) is 0.189. The molecule has 4 aromatic rings. The zero-order chi connectivity index (χ0) is 34.8. The van der Waals surface area contributed by atoms with Crippen molar-refractivity contribution in [3.8, 4) is 11.6 Å². The largest absolute Gasteiger partial charge is 0.478 e. The summed E-state index contributed by atoms with van der Waals surface area (Å²) in [6, 6.07) is 19.5. The van der Waals surface area contributed by atoms with E-state index in [1.54, 1.807) is 6.07 Å². The number of aromatic carboxylic acids is 1. The molecule has 0 saturated carbocycles. The Morgan fingerprint density at radius 1 is 0.980 bits per heavy atom. The first kappa shape index (κ1) is 33.3. The molecule has 0 radical (unpaired) electrons. The van der Waals surface area contributed by atoms with Crippen LogP contribution in [0, 0.1) is 0 Å². The van der Waals surface area contributed by atoms with Crippen LogP contribution < -0.4 is 25.4 Å². The highest BCUT2D eigenvalue weighted by Crippen LogP contribution is 2.45. The van der Waals surface area contributed by atoms with Crippen LogP contribution in [-0.2, 0) is 13.2 Å². The quantitative estimate of drug-likeness (QED) is 0.182. The maximum Gasteiger partial charge on any atom is 0.336 e. The highest BCUT2D eigenvalue weighted by Gasteiger charge is 2.30. The van der Waals surface area contributed by atoms with E-state index in [4.69, 9.17) is 26.8 Å². The minimum Gasteiger partial charge on any atom is -0.478 e. The number of aromatic nitrogens is 2. The molecule has 2 aliphatic rings. The number of carbonyl (C=O) groups is 2. The van der Waals surface area contributed by atoms with Crippen molar-refractivity contribution < 1.29 is 24.2 Å². The zero-order valence-electron chi connectivity index (χ0n) is 27.4. The molecule has 1 atom stereocenters. The van der Waals surface area contributed by atoms with Crippen molar-refractivity contribution in [3.63, 3.8) is 0 Å². The molecule has 0 bridgehead atoms. The van der Waals surface area contributed by atoms with Crippen LogP contribution in [0.2, 0.25) is 5.15 Å². The lowest BCUT2D eigenvalue weighted by Crippen LogP contribution is -2.27. The number of fused-ring (bicyclic) bond motifs is 2. The van der Waals surface area contributed by atoms with E-state index in [1.807, 2.05) is 93.8 Å². The van der Waals surface area contributed by atoms with Crippen LogP contribution in [0.15, 0.2) is 96.3 Å². The molecule has 6 rings (SSSR count). The fourth-order valence-electron chi connectivity index (χ4n) is 5.59. The van der Waals surface area contributed by atoms with Gasteiger partial charge in [0.1, 0.15) is 23.3 Å². The van der Waals surface area contributed by atoms with Crippen LogP contribution in [0.25, 0.3) is 5.57 Å². The van der Waals surface area contributed by atoms with Crippen molar-refractivity contribution in [2.24, 2.45) is 0 Å². The Kier molecular flexibility index (Phi) is 9.39. The molecule has 49 heavy (non-hydrogen) atoms. The first-order valence-electron chi connectivity index (χ1n) is 15.4. The number of hydrogen-bond acceptors (Lipinski definition) is 9. The van der Waals surface area contributed by atoms with Gasteiger partial charge in [-0.05, 0) is 67.2 Å². The molecular weight excluding hydrogens is 644 g/mol. The second-order valence-electron chi connectivity index (χ2n) is 12.1. The second kappa shape index (κ2) is 13.8. The van der Waals surface area contributed by atoms with Crippen LogP contribution in [0.3, 0.4) is 0 Å². The number of carboxylic acid groups (broad SMARTS) is 1. The summed E-state index contributed by atoms with van der Waals surface area (Å²) in [4.78, 5) is 37.9. The number of carbonyl (C=O) groups excluding carboxylic acids is 1. The van der Waals surface area contributed by atoms with Crippen molar-refractivity contribution in [1.29, 1.82) is 0 Å². The molecular formula is C37H35ClN6O5. The SMILES string of the molecule is CN(C)c1ccc2c(c1)OC1=CC(N(C)C)C=CC1=C2c1cc(C(=O)NCc2ccc(COc3cc(Cl)nc(N)n3)cc2)ccc1C(=O)O. The Labute approximate surface area is 288 Å². The third-order valence-electron chi connectivity index (χ3n) is 8.22. The monoisotopic (exact) mass is 678 g/mol. The van der Waals surface area contributed by atoms with Crippen LogP contribution >= 0.6 is 11.6 Å². The van der Waals surface area contributed by atoms with Gasteiger partial charge >= 0.3 is 5.97 Å². The summed E-state index contributed by atoms with van der Waals surface area (Å²) in [7, 11) is 7.84. The molecule has 1 amide bonds. The number of rotatable bonds is 10. The molecule has 1 unspecified atom stereocenters. The van der Waals surface area contributed by atoms with Crippen LogP contribution in [-0.4, -0.2) is 66.1 Å². The summed E-state index contributed by atoms with van der Waals surface area (Å²) in [6.07, 6.45) is 6.01. The predicted molar refractivity (Wildman–Crippen MR) is 189 cm³/mol. The summed E-state index contributed by atoms with van der Waals surface area (Å²) in [5.74, 6) is 0.0916. The van der Waals surface area contributed by atoms with Gasteiger partial charge in [-0.3, -0.25) is 9.69 Å². The number of hydrogen-bond donors (Lipinski definition) is 3. The number of nitrogen functional groups attached to an aromatic ring is 1. The molecule has 4 N–H and O–H groups in total. The molecule has 1 aliphatic carbocycles. The summed E-state index contributed by atoms with van der Waals surface area (Å²) in [5, 5.41) is 13.4. The highest BCUT2D eigenvalue weighted by molar-refractivity contribution is 6.29. The van der Waals surface area contributed by atoms with Crippen molar-refractivity contribution in [3.05, 3.63) is 135 Å². The smallest absolute Gasteiger partial charge is 0.336 e. The Morgan fingerprint density at radius 2 is 1.73 bits per heavy atom. The number of nitrogens with zero attached hydrogens (tertiary/aromatic N) is 4. The van der Waals surface area contributed by atoms with E-state index in [2.05, 4.69) is 20.2 Å². The Balaban J connectivity index is 1.26. The molecule has 0 saturated heterocycles. The van der Waals surface area contributed by atoms with E-state index in [-0.39, 0.29) is 47.6 Å². The van der Waals surface area contributed by atoms with Crippen molar-refractivity contribution in [2.45, 2.75) is 19.2 Å².